The van der Waals surface area contributed by atoms with Crippen molar-refractivity contribution in [1.29, 1.82) is 0 Å². The maximum Gasteiger partial charge on any atom is 0.185 e. The van der Waals surface area contributed by atoms with Gasteiger partial charge >= 0.3 is 0 Å². The van der Waals surface area contributed by atoms with Gasteiger partial charge in [0.25, 0.3) is 0 Å². The topological polar surface area (TPSA) is 46.6 Å². The third-order valence-electron chi connectivity index (χ3n) is 2.77. The van der Waals surface area contributed by atoms with Crippen molar-refractivity contribution in [2.45, 2.75) is 13.0 Å². The third kappa shape index (κ3) is 4.53. The molecule has 0 saturated heterocycles. The van der Waals surface area contributed by atoms with Gasteiger partial charge < -0.3 is 19.7 Å². The van der Waals surface area contributed by atoms with Crippen molar-refractivity contribution in [2.75, 3.05) is 52.5 Å². The van der Waals surface area contributed by atoms with Crippen LogP contribution in [0.1, 0.15) is 17.8 Å². The molecule has 18 heavy (non-hydrogen) atoms. The zero-order valence-corrected chi connectivity index (χ0v) is 12.4. The van der Waals surface area contributed by atoms with Crippen LogP contribution in [0, 0.1) is 0 Å². The Morgan fingerprint density at radius 2 is 1.94 bits per heavy atom. The lowest BCUT2D eigenvalue weighted by Gasteiger charge is -2.20. The van der Waals surface area contributed by atoms with Crippen molar-refractivity contribution in [3.63, 3.8) is 0 Å². The second kappa shape index (κ2) is 8.42. The van der Waals surface area contributed by atoms with Crippen molar-refractivity contribution in [2.24, 2.45) is 0 Å². The SMILES string of the molecule is CNC(C)c1cnc(N(CCOC)CCOC)s1. The van der Waals surface area contributed by atoms with Crippen molar-refractivity contribution < 1.29 is 9.47 Å². The molecule has 6 heteroatoms. The molecule has 0 aliphatic carbocycles. The summed E-state index contributed by atoms with van der Waals surface area (Å²) in [5.74, 6) is 0. The number of anilines is 1. The van der Waals surface area contributed by atoms with Crippen molar-refractivity contribution in [3.8, 4) is 0 Å². The summed E-state index contributed by atoms with van der Waals surface area (Å²) >= 11 is 1.72. The molecule has 1 aromatic rings. The van der Waals surface area contributed by atoms with Crippen LogP contribution < -0.4 is 10.2 Å². The van der Waals surface area contributed by atoms with E-state index >= 15 is 0 Å². The molecule has 1 heterocycles. The number of rotatable bonds is 9. The van der Waals surface area contributed by atoms with E-state index in [-0.39, 0.29) is 0 Å². The lowest BCUT2D eigenvalue weighted by molar-refractivity contribution is 0.190. The van der Waals surface area contributed by atoms with Crippen LogP contribution in [0.25, 0.3) is 0 Å². The first-order chi connectivity index (χ1) is 8.72. The maximum atomic E-state index is 5.13. The van der Waals surface area contributed by atoms with Gasteiger partial charge in [0.2, 0.25) is 0 Å². The van der Waals surface area contributed by atoms with Crippen LogP contribution in [0.3, 0.4) is 0 Å². The molecule has 1 rings (SSSR count). The fourth-order valence-electron chi connectivity index (χ4n) is 1.47. The highest BCUT2D eigenvalue weighted by Crippen LogP contribution is 2.26. The van der Waals surface area contributed by atoms with Gasteiger partial charge in [-0.05, 0) is 14.0 Å². The molecule has 1 atom stereocenters. The minimum absolute atomic E-state index is 0.336. The number of hydrogen-bond acceptors (Lipinski definition) is 6. The highest BCUT2D eigenvalue weighted by atomic mass is 32.1. The van der Waals surface area contributed by atoms with Crippen LogP contribution in [-0.4, -0.2) is 52.6 Å². The highest BCUT2D eigenvalue weighted by molar-refractivity contribution is 7.15. The van der Waals surface area contributed by atoms with Gasteiger partial charge in [0.15, 0.2) is 5.13 Å². The number of methoxy groups -OCH3 is 2. The zero-order chi connectivity index (χ0) is 13.4. The first-order valence-electron chi connectivity index (χ1n) is 6.08. The van der Waals surface area contributed by atoms with E-state index < -0.39 is 0 Å². The molecular weight excluding hydrogens is 250 g/mol. The third-order valence-corrected chi connectivity index (χ3v) is 4.01. The Kier molecular flexibility index (Phi) is 7.19. The van der Waals surface area contributed by atoms with E-state index in [0.29, 0.717) is 19.3 Å². The van der Waals surface area contributed by atoms with Gasteiger partial charge in [0.1, 0.15) is 0 Å². The molecule has 1 N–H and O–H groups in total. The number of nitrogens with one attached hydrogen (secondary N) is 1. The van der Waals surface area contributed by atoms with E-state index in [4.69, 9.17) is 9.47 Å². The van der Waals surface area contributed by atoms with E-state index in [2.05, 4.69) is 22.1 Å². The monoisotopic (exact) mass is 273 g/mol. The molecule has 0 radical (unpaired) electrons. The Labute approximate surface area is 113 Å². The van der Waals surface area contributed by atoms with E-state index in [9.17, 15) is 0 Å². The molecule has 1 unspecified atom stereocenters. The van der Waals surface area contributed by atoms with Gasteiger partial charge in [-0.3, -0.25) is 0 Å². The molecule has 0 aliphatic rings. The van der Waals surface area contributed by atoms with E-state index in [0.717, 1.165) is 18.2 Å². The molecule has 1 aromatic heterocycles. The van der Waals surface area contributed by atoms with Crippen LogP contribution in [0.2, 0.25) is 0 Å². The average molecular weight is 273 g/mol. The molecule has 0 aliphatic heterocycles. The largest absolute Gasteiger partial charge is 0.383 e. The normalized spacial score (nSPS) is 12.7. The molecular formula is C12H23N3O2S. The number of nitrogens with zero attached hydrogens (tertiary/aromatic N) is 2. The summed E-state index contributed by atoms with van der Waals surface area (Å²) in [4.78, 5) is 7.93. The minimum atomic E-state index is 0.336. The fraction of sp³-hybridized carbons (Fsp3) is 0.750. The summed E-state index contributed by atoms with van der Waals surface area (Å²) in [7, 11) is 5.38. The van der Waals surface area contributed by atoms with E-state index in [1.165, 1.54) is 4.88 Å². The number of aromatic nitrogens is 1. The van der Waals surface area contributed by atoms with Gasteiger partial charge in [-0.1, -0.05) is 0 Å². The van der Waals surface area contributed by atoms with Crippen LogP contribution in [0.15, 0.2) is 6.20 Å². The van der Waals surface area contributed by atoms with Crippen molar-refractivity contribution >= 4 is 16.5 Å². The van der Waals surface area contributed by atoms with Crippen LogP contribution in [0.5, 0.6) is 0 Å². The summed E-state index contributed by atoms with van der Waals surface area (Å²) in [6, 6.07) is 0.336. The predicted molar refractivity (Wildman–Crippen MR) is 75.6 cm³/mol. The smallest absolute Gasteiger partial charge is 0.185 e. The lowest BCUT2D eigenvalue weighted by atomic mass is 10.3. The summed E-state index contributed by atoms with van der Waals surface area (Å²) in [6.07, 6.45) is 1.94. The number of ether oxygens (including phenoxy) is 2. The number of thiazole rings is 1. The molecule has 0 fully saturated rings. The summed E-state index contributed by atoms with van der Waals surface area (Å²) in [6.45, 7) is 5.19. The van der Waals surface area contributed by atoms with Gasteiger partial charge in [0.05, 0.1) is 13.2 Å². The Morgan fingerprint density at radius 3 is 2.44 bits per heavy atom. The van der Waals surface area contributed by atoms with Crippen LogP contribution in [-0.2, 0) is 9.47 Å². The standard InChI is InChI=1S/C12H23N3O2S/c1-10(13-2)11-9-14-12(18-11)15(5-7-16-3)6-8-17-4/h9-10,13H,5-8H2,1-4H3. The van der Waals surface area contributed by atoms with Gasteiger partial charge in [-0.15, -0.1) is 11.3 Å². The molecule has 104 valence electrons. The van der Waals surface area contributed by atoms with Gasteiger partial charge in [0, 0.05) is 44.4 Å². The summed E-state index contributed by atoms with van der Waals surface area (Å²) in [5.41, 5.74) is 0. The Morgan fingerprint density at radius 1 is 1.33 bits per heavy atom. The molecule has 0 aromatic carbocycles. The molecule has 0 saturated carbocycles. The Bertz CT molecular complexity index is 325. The zero-order valence-electron chi connectivity index (χ0n) is 11.6. The summed E-state index contributed by atoms with van der Waals surface area (Å²) in [5, 5.41) is 4.25. The van der Waals surface area contributed by atoms with Crippen molar-refractivity contribution in [1.82, 2.24) is 10.3 Å². The fourth-order valence-corrected chi connectivity index (χ4v) is 2.50. The van der Waals surface area contributed by atoms with Crippen LogP contribution in [0.4, 0.5) is 5.13 Å². The minimum Gasteiger partial charge on any atom is -0.383 e. The van der Waals surface area contributed by atoms with Crippen LogP contribution >= 0.6 is 11.3 Å². The molecule has 0 amide bonds. The second-order valence-electron chi connectivity index (χ2n) is 4.03. The van der Waals surface area contributed by atoms with Crippen molar-refractivity contribution in [3.05, 3.63) is 11.1 Å². The quantitative estimate of drug-likeness (QED) is 0.739. The second-order valence-corrected chi connectivity index (χ2v) is 5.07. The number of hydrogen-bond donors (Lipinski definition) is 1. The Balaban J connectivity index is 2.67. The highest BCUT2D eigenvalue weighted by Gasteiger charge is 2.13. The predicted octanol–water partition coefficient (Wildman–Crippen LogP) is 1.52. The maximum absolute atomic E-state index is 5.13. The summed E-state index contributed by atoms with van der Waals surface area (Å²) < 4.78 is 10.3. The van der Waals surface area contributed by atoms with E-state index in [1.54, 1.807) is 25.6 Å². The average Bonchev–Trinajstić information content (AvgIpc) is 2.87. The lowest BCUT2D eigenvalue weighted by Crippen LogP contribution is -2.30. The van der Waals surface area contributed by atoms with Gasteiger partial charge in [-0.25, -0.2) is 4.98 Å². The van der Waals surface area contributed by atoms with Gasteiger partial charge in [-0.2, -0.15) is 0 Å². The first-order valence-corrected chi connectivity index (χ1v) is 6.90. The molecule has 5 nitrogen and oxygen atoms in total. The first kappa shape index (κ1) is 15.4. The van der Waals surface area contributed by atoms with E-state index in [1.807, 2.05) is 13.2 Å². The molecule has 0 spiro atoms. The molecule has 0 bridgehead atoms. The Hall–Kier alpha value is -0.690.